The minimum Gasteiger partial charge on any atom is -0.437 e. The Morgan fingerprint density at radius 1 is 1.32 bits per heavy atom. The molecule has 1 aliphatic carbocycles. The van der Waals surface area contributed by atoms with Crippen molar-refractivity contribution in [3.63, 3.8) is 0 Å². The van der Waals surface area contributed by atoms with Gasteiger partial charge in [-0.1, -0.05) is 11.6 Å². The first-order valence-corrected chi connectivity index (χ1v) is 9.95. The van der Waals surface area contributed by atoms with Gasteiger partial charge in [-0.05, 0) is 37.1 Å². The third-order valence-electron chi connectivity index (χ3n) is 4.91. The van der Waals surface area contributed by atoms with Gasteiger partial charge in [0.1, 0.15) is 11.6 Å². The number of benzene rings is 1. The lowest BCUT2D eigenvalue weighted by molar-refractivity contribution is -0.124. The van der Waals surface area contributed by atoms with Gasteiger partial charge in [0.15, 0.2) is 5.65 Å². The SMILES string of the molecule is N#Cc1ccc(Oc2cc(NC3CC3)n3ncc(/C=C4\CC(=O)NC4=O)c3n2)c(Cl)c1. The van der Waals surface area contributed by atoms with Crippen LogP contribution in [0, 0.1) is 11.3 Å². The van der Waals surface area contributed by atoms with Crippen molar-refractivity contribution >= 4 is 41.0 Å². The molecule has 9 nitrogen and oxygen atoms in total. The molecule has 154 valence electrons. The monoisotopic (exact) mass is 434 g/mol. The number of nitrogens with zero attached hydrogens (tertiary/aromatic N) is 4. The number of carbonyl (C=O) groups is 2. The zero-order valence-electron chi connectivity index (χ0n) is 16.1. The van der Waals surface area contributed by atoms with Crippen LogP contribution < -0.4 is 15.4 Å². The van der Waals surface area contributed by atoms with Gasteiger partial charge in [-0.25, -0.2) is 0 Å². The van der Waals surface area contributed by atoms with Crippen LogP contribution in [-0.2, 0) is 9.59 Å². The number of carbonyl (C=O) groups excluding carboxylic acids is 2. The fourth-order valence-electron chi connectivity index (χ4n) is 3.23. The highest BCUT2D eigenvalue weighted by molar-refractivity contribution is 6.32. The summed E-state index contributed by atoms with van der Waals surface area (Å²) in [6.07, 6.45) is 5.32. The maximum Gasteiger partial charge on any atom is 0.254 e. The van der Waals surface area contributed by atoms with Crippen LogP contribution in [0.3, 0.4) is 0 Å². The second-order valence-electron chi connectivity index (χ2n) is 7.32. The second-order valence-corrected chi connectivity index (χ2v) is 7.72. The van der Waals surface area contributed by atoms with Gasteiger partial charge in [0.25, 0.3) is 5.91 Å². The van der Waals surface area contributed by atoms with Crippen LogP contribution in [0.15, 0.2) is 36.0 Å². The highest BCUT2D eigenvalue weighted by Gasteiger charge is 2.26. The van der Waals surface area contributed by atoms with Crippen LogP contribution in [0.5, 0.6) is 11.6 Å². The van der Waals surface area contributed by atoms with Crippen LogP contribution in [0.4, 0.5) is 5.82 Å². The number of hydrogen-bond acceptors (Lipinski definition) is 7. The highest BCUT2D eigenvalue weighted by atomic mass is 35.5. The Kier molecular flexibility index (Phi) is 4.56. The molecule has 1 saturated carbocycles. The summed E-state index contributed by atoms with van der Waals surface area (Å²) < 4.78 is 7.54. The summed E-state index contributed by atoms with van der Waals surface area (Å²) in [6.45, 7) is 0. The van der Waals surface area contributed by atoms with E-state index in [1.165, 1.54) is 6.07 Å². The number of fused-ring (bicyclic) bond motifs is 1. The van der Waals surface area contributed by atoms with E-state index >= 15 is 0 Å². The molecule has 2 fully saturated rings. The number of ether oxygens (including phenoxy) is 1. The van der Waals surface area contributed by atoms with Crippen molar-refractivity contribution in [2.24, 2.45) is 0 Å². The Morgan fingerprint density at radius 3 is 2.84 bits per heavy atom. The van der Waals surface area contributed by atoms with Crippen molar-refractivity contribution in [1.82, 2.24) is 19.9 Å². The van der Waals surface area contributed by atoms with Crippen LogP contribution in [0.1, 0.15) is 30.4 Å². The predicted molar refractivity (Wildman–Crippen MR) is 112 cm³/mol. The van der Waals surface area contributed by atoms with Crippen LogP contribution in [0.2, 0.25) is 5.02 Å². The molecule has 31 heavy (non-hydrogen) atoms. The second kappa shape index (κ2) is 7.41. The number of anilines is 1. The Labute approximate surface area is 181 Å². The molecule has 2 aromatic heterocycles. The Hall–Kier alpha value is -3.90. The minimum absolute atomic E-state index is 0.0143. The van der Waals surface area contributed by atoms with Gasteiger partial charge in [0, 0.05) is 23.2 Å². The quantitative estimate of drug-likeness (QED) is 0.467. The first kappa shape index (κ1) is 19.1. The summed E-state index contributed by atoms with van der Waals surface area (Å²) in [6, 6.07) is 8.82. The first-order valence-electron chi connectivity index (χ1n) is 9.58. The van der Waals surface area contributed by atoms with Crippen molar-refractivity contribution in [2.45, 2.75) is 25.3 Å². The standard InChI is InChI=1S/C21H15ClN6O3/c22-15-5-11(9-23)1-4-16(15)31-19-8-17(25-14-2-3-14)28-20(27-19)13(10-24-28)6-12-7-18(29)26-21(12)30/h1,4-6,8,10,14,25H,2-3,7H2,(H,26,29,30)/b12-6+. The largest absolute Gasteiger partial charge is 0.437 e. The summed E-state index contributed by atoms with van der Waals surface area (Å²) in [4.78, 5) is 28.0. The smallest absolute Gasteiger partial charge is 0.254 e. The van der Waals surface area contributed by atoms with Gasteiger partial charge in [-0.2, -0.15) is 19.9 Å². The molecule has 2 amide bonds. The Bertz CT molecular complexity index is 1320. The van der Waals surface area contributed by atoms with Gasteiger partial charge in [-0.3, -0.25) is 14.9 Å². The molecule has 3 aromatic rings. The normalized spacial score (nSPS) is 17.1. The van der Waals surface area contributed by atoms with E-state index in [2.05, 4.69) is 20.7 Å². The van der Waals surface area contributed by atoms with Gasteiger partial charge in [0.05, 0.1) is 29.3 Å². The molecule has 0 spiro atoms. The van der Waals surface area contributed by atoms with E-state index in [9.17, 15) is 9.59 Å². The van der Waals surface area contributed by atoms with E-state index < -0.39 is 5.91 Å². The van der Waals surface area contributed by atoms with Crippen LogP contribution in [0.25, 0.3) is 11.7 Å². The fraction of sp³-hybridized carbons (Fsp3) is 0.190. The number of halogens is 1. The Morgan fingerprint density at radius 2 is 2.16 bits per heavy atom. The highest BCUT2D eigenvalue weighted by Crippen LogP contribution is 2.33. The summed E-state index contributed by atoms with van der Waals surface area (Å²) in [7, 11) is 0. The minimum atomic E-state index is -0.419. The van der Waals surface area contributed by atoms with Gasteiger partial charge in [0.2, 0.25) is 11.8 Å². The fourth-order valence-corrected chi connectivity index (χ4v) is 3.44. The van der Waals surface area contributed by atoms with E-state index in [4.69, 9.17) is 21.6 Å². The van der Waals surface area contributed by atoms with E-state index in [0.717, 1.165) is 12.8 Å². The average Bonchev–Trinajstić information content (AvgIpc) is 3.38. The van der Waals surface area contributed by atoms with E-state index in [0.29, 0.717) is 40.0 Å². The molecule has 3 heterocycles. The molecule has 0 atom stereocenters. The number of rotatable bonds is 5. The number of hydrogen-bond donors (Lipinski definition) is 2. The molecular weight excluding hydrogens is 420 g/mol. The van der Waals surface area contributed by atoms with Crippen LogP contribution in [-0.4, -0.2) is 32.5 Å². The lowest BCUT2D eigenvalue weighted by Crippen LogP contribution is -2.19. The zero-order chi connectivity index (χ0) is 21.5. The number of nitriles is 1. The van der Waals surface area contributed by atoms with Crippen molar-refractivity contribution in [3.05, 3.63) is 52.2 Å². The van der Waals surface area contributed by atoms with Gasteiger partial charge in [-0.15, -0.1) is 0 Å². The zero-order valence-corrected chi connectivity index (χ0v) is 16.8. The van der Waals surface area contributed by atoms with E-state index in [1.807, 2.05) is 6.07 Å². The van der Waals surface area contributed by atoms with E-state index in [1.54, 1.807) is 35.0 Å². The summed E-state index contributed by atoms with van der Waals surface area (Å²) in [5.41, 5.74) is 1.81. The van der Waals surface area contributed by atoms with Gasteiger partial charge >= 0.3 is 0 Å². The maximum absolute atomic E-state index is 11.9. The molecule has 1 saturated heterocycles. The molecule has 5 rings (SSSR count). The molecule has 2 N–H and O–H groups in total. The van der Waals surface area contributed by atoms with Crippen molar-refractivity contribution < 1.29 is 14.3 Å². The number of imide groups is 1. The topological polar surface area (TPSA) is 121 Å². The molecule has 0 radical (unpaired) electrons. The number of nitrogens with one attached hydrogen (secondary N) is 2. The molecule has 2 aliphatic rings. The van der Waals surface area contributed by atoms with Gasteiger partial charge < -0.3 is 10.1 Å². The van der Waals surface area contributed by atoms with Crippen molar-refractivity contribution in [2.75, 3.05) is 5.32 Å². The number of aromatic nitrogens is 3. The molecule has 1 aliphatic heterocycles. The number of amides is 2. The third-order valence-corrected chi connectivity index (χ3v) is 5.20. The van der Waals surface area contributed by atoms with Crippen molar-refractivity contribution in [3.8, 4) is 17.7 Å². The predicted octanol–water partition coefficient (Wildman–Crippen LogP) is 3.05. The molecule has 1 aromatic carbocycles. The lowest BCUT2D eigenvalue weighted by atomic mass is 10.1. The lowest BCUT2D eigenvalue weighted by Gasteiger charge is -2.11. The first-order chi connectivity index (χ1) is 15.0. The molecule has 0 bridgehead atoms. The molecular formula is C21H15ClN6O3. The average molecular weight is 435 g/mol. The molecule has 10 heteroatoms. The summed E-state index contributed by atoms with van der Waals surface area (Å²) >= 11 is 6.24. The summed E-state index contributed by atoms with van der Waals surface area (Å²) in [5, 5.41) is 19.3. The van der Waals surface area contributed by atoms with Crippen molar-refractivity contribution in [1.29, 1.82) is 5.26 Å². The van der Waals surface area contributed by atoms with Crippen LogP contribution >= 0.6 is 11.6 Å². The van der Waals surface area contributed by atoms with E-state index in [-0.39, 0.29) is 23.2 Å². The maximum atomic E-state index is 11.9. The Balaban J connectivity index is 1.57. The third kappa shape index (κ3) is 3.81. The molecule has 0 unspecified atom stereocenters. The summed E-state index contributed by atoms with van der Waals surface area (Å²) in [5.74, 6) is 0.557.